The molecule has 2 aliphatic rings. The molecule has 8 heteroatoms. The molecular weight excluding hydrogens is 413 g/mol. The maximum Gasteiger partial charge on any atom is 0.398 e. The molecule has 3 atom stereocenters. The zero-order chi connectivity index (χ0) is 21.5. The number of nitrogens with zero attached hydrogens (tertiary/aromatic N) is 1. The minimum Gasteiger partial charge on any atom is -0.496 e. The Kier molecular flexibility index (Phi) is 5.63. The zero-order valence-corrected chi connectivity index (χ0v) is 17.5. The monoisotopic (exact) mass is 436 g/mol. The third-order valence-electron chi connectivity index (χ3n) is 5.78. The quantitative estimate of drug-likeness (QED) is 0.775. The van der Waals surface area contributed by atoms with Gasteiger partial charge < -0.3 is 10.1 Å². The smallest absolute Gasteiger partial charge is 0.398 e. The molecule has 1 aromatic heterocycles. The van der Waals surface area contributed by atoms with Gasteiger partial charge in [-0.2, -0.15) is 13.2 Å². The van der Waals surface area contributed by atoms with Crippen molar-refractivity contribution in [3.63, 3.8) is 0 Å². The van der Waals surface area contributed by atoms with E-state index in [4.69, 9.17) is 4.74 Å². The summed E-state index contributed by atoms with van der Waals surface area (Å²) in [5.41, 5.74) is 3.16. The first-order chi connectivity index (χ1) is 14.3. The van der Waals surface area contributed by atoms with Crippen molar-refractivity contribution >= 4 is 23.1 Å². The van der Waals surface area contributed by atoms with E-state index in [0.717, 1.165) is 48.3 Å². The lowest BCUT2D eigenvalue weighted by atomic mass is 9.87. The van der Waals surface area contributed by atoms with Crippen molar-refractivity contribution < 1.29 is 22.1 Å². The number of fused-ring (bicyclic) bond motifs is 2. The molecule has 4 nitrogen and oxygen atoms in total. The van der Waals surface area contributed by atoms with Gasteiger partial charge in [0, 0.05) is 23.4 Å². The summed E-state index contributed by atoms with van der Waals surface area (Å²) < 4.78 is 59.9. The standard InChI is InChI=1S/C22H23F3N2O2S/c1-26-16-6-7-17-18(13-16)20(29-2)9-10-21(17)30(28)27-12-11-14-3-4-15(22(23,24)25)5-8-19(14)27/h3-5,8-12,15-16,26H,6-7,13H2,1-2H3. The van der Waals surface area contributed by atoms with Crippen LogP contribution < -0.4 is 10.1 Å². The summed E-state index contributed by atoms with van der Waals surface area (Å²) in [4.78, 5) is 0.674. The van der Waals surface area contributed by atoms with Crippen LogP contribution in [0.3, 0.4) is 0 Å². The van der Waals surface area contributed by atoms with E-state index in [1.165, 1.54) is 12.2 Å². The Morgan fingerprint density at radius 3 is 2.63 bits per heavy atom. The van der Waals surface area contributed by atoms with Gasteiger partial charge in [0.15, 0.2) is 11.0 Å². The first kappa shape index (κ1) is 20.9. The molecule has 1 heterocycles. The number of ether oxygens (including phenoxy) is 1. The van der Waals surface area contributed by atoms with Crippen LogP contribution in [0.1, 0.15) is 28.8 Å². The summed E-state index contributed by atoms with van der Waals surface area (Å²) in [6.45, 7) is 0. The fourth-order valence-corrected chi connectivity index (χ4v) is 5.45. The summed E-state index contributed by atoms with van der Waals surface area (Å²) in [5.74, 6) is -0.883. The molecule has 0 bridgehead atoms. The molecule has 2 aromatic rings. The number of methoxy groups -OCH3 is 1. The molecule has 2 aliphatic carbocycles. The second kappa shape index (κ2) is 8.07. The molecule has 0 fully saturated rings. The highest BCUT2D eigenvalue weighted by Crippen LogP contribution is 2.36. The number of nitrogens with one attached hydrogen (secondary N) is 1. The molecule has 1 aromatic carbocycles. The molecule has 3 unspecified atom stereocenters. The number of benzene rings is 1. The highest BCUT2D eigenvalue weighted by molar-refractivity contribution is 7.83. The van der Waals surface area contributed by atoms with Crippen LogP contribution in [0.2, 0.25) is 0 Å². The summed E-state index contributed by atoms with van der Waals surface area (Å²) in [5, 5.41) is 3.29. The number of allylic oxidation sites excluding steroid dienone is 2. The van der Waals surface area contributed by atoms with Crippen LogP contribution in [-0.2, 0) is 23.8 Å². The number of hydrogen-bond donors (Lipinski definition) is 1. The molecule has 4 rings (SSSR count). The number of likely N-dealkylation sites (N-methyl/N-ethyl adjacent to an activating group) is 1. The van der Waals surface area contributed by atoms with Crippen molar-refractivity contribution in [3.05, 3.63) is 58.9 Å². The topological polar surface area (TPSA) is 43.3 Å². The van der Waals surface area contributed by atoms with Crippen LogP contribution in [0.5, 0.6) is 5.75 Å². The number of hydrogen-bond acceptors (Lipinski definition) is 3. The van der Waals surface area contributed by atoms with Gasteiger partial charge in [0.2, 0.25) is 0 Å². The average Bonchev–Trinajstić information content (AvgIpc) is 3.01. The van der Waals surface area contributed by atoms with Crippen LogP contribution in [-0.4, -0.2) is 34.6 Å². The Hall–Kier alpha value is -2.32. The lowest BCUT2D eigenvalue weighted by Gasteiger charge is -2.27. The maximum atomic E-state index is 13.5. The minimum atomic E-state index is -4.35. The summed E-state index contributed by atoms with van der Waals surface area (Å²) in [6.07, 6.45) is 4.87. The highest BCUT2D eigenvalue weighted by Gasteiger charge is 2.36. The second-order valence-electron chi connectivity index (χ2n) is 7.47. The van der Waals surface area contributed by atoms with Crippen LogP contribution in [0, 0.1) is 5.92 Å². The van der Waals surface area contributed by atoms with Crippen LogP contribution in [0.15, 0.2) is 41.4 Å². The lowest BCUT2D eigenvalue weighted by molar-refractivity contribution is -0.148. The number of aromatic nitrogens is 1. The average molecular weight is 436 g/mol. The fraction of sp³-hybridized carbons (Fsp3) is 0.364. The van der Waals surface area contributed by atoms with Gasteiger partial charge in [-0.25, -0.2) is 4.21 Å². The predicted octanol–water partition coefficient (Wildman–Crippen LogP) is 4.36. The fourth-order valence-electron chi connectivity index (χ4n) is 4.10. The molecule has 0 aliphatic heterocycles. The maximum absolute atomic E-state index is 13.5. The van der Waals surface area contributed by atoms with Gasteiger partial charge in [0.25, 0.3) is 0 Å². The lowest BCUT2D eigenvalue weighted by Crippen LogP contribution is -2.32. The van der Waals surface area contributed by atoms with E-state index in [2.05, 4.69) is 5.32 Å². The molecule has 30 heavy (non-hydrogen) atoms. The number of alkyl halides is 3. The van der Waals surface area contributed by atoms with E-state index in [9.17, 15) is 17.4 Å². The van der Waals surface area contributed by atoms with Gasteiger partial charge in [-0.1, -0.05) is 18.2 Å². The molecule has 0 saturated carbocycles. The van der Waals surface area contributed by atoms with E-state index in [1.54, 1.807) is 29.4 Å². The third-order valence-corrected chi connectivity index (χ3v) is 7.21. The largest absolute Gasteiger partial charge is 0.496 e. The normalized spacial score (nSPS) is 21.6. The number of rotatable bonds is 4. The van der Waals surface area contributed by atoms with E-state index in [0.29, 0.717) is 22.2 Å². The summed E-state index contributed by atoms with van der Waals surface area (Å²) in [6, 6.07) is 5.64. The predicted molar refractivity (Wildman–Crippen MR) is 112 cm³/mol. The van der Waals surface area contributed by atoms with Crippen molar-refractivity contribution in [2.75, 3.05) is 14.2 Å². The molecule has 160 valence electrons. The van der Waals surface area contributed by atoms with Crippen LogP contribution in [0.25, 0.3) is 12.2 Å². The first-order valence-electron chi connectivity index (χ1n) is 9.76. The molecule has 0 radical (unpaired) electrons. The highest BCUT2D eigenvalue weighted by atomic mass is 32.2. The summed E-state index contributed by atoms with van der Waals surface area (Å²) >= 11 is 0. The minimum absolute atomic E-state index is 0.324. The van der Waals surface area contributed by atoms with Gasteiger partial charge in [-0.3, -0.25) is 3.97 Å². The Balaban J connectivity index is 1.74. The SMILES string of the molecule is CNC1CCc2c(S(=O)n3ccc4c3C=CC(C(F)(F)F)C=C4)ccc(OC)c2C1. The van der Waals surface area contributed by atoms with E-state index in [-0.39, 0.29) is 0 Å². The van der Waals surface area contributed by atoms with Crippen molar-refractivity contribution in [2.24, 2.45) is 5.92 Å². The Morgan fingerprint density at radius 1 is 1.17 bits per heavy atom. The Morgan fingerprint density at radius 2 is 1.93 bits per heavy atom. The van der Waals surface area contributed by atoms with Crippen molar-refractivity contribution in [1.82, 2.24) is 9.29 Å². The van der Waals surface area contributed by atoms with Crippen molar-refractivity contribution in [1.29, 1.82) is 0 Å². The van der Waals surface area contributed by atoms with E-state index >= 15 is 0 Å². The van der Waals surface area contributed by atoms with Gasteiger partial charge in [-0.15, -0.1) is 0 Å². The summed E-state index contributed by atoms with van der Waals surface area (Å²) in [7, 11) is 1.96. The van der Waals surface area contributed by atoms with Gasteiger partial charge >= 0.3 is 6.18 Å². The van der Waals surface area contributed by atoms with Gasteiger partial charge in [0.1, 0.15) is 5.75 Å². The molecule has 0 spiro atoms. The van der Waals surface area contributed by atoms with E-state index < -0.39 is 23.1 Å². The molecule has 0 amide bonds. The van der Waals surface area contributed by atoms with E-state index in [1.807, 2.05) is 13.1 Å². The van der Waals surface area contributed by atoms with Crippen LogP contribution >= 0.6 is 0 Å². The van der Waals surface area contributed by atoms with Crippen LogP contribution in [0.4, 0.5) is 13.2 Å². The first-order valence-corrected chi connectivity index (χ1v) is 10.9. The molecule has 1 N–H and O–H groups in total. The van der Waals surface area contributed by atoms with Gasteiger partial charge in [0.05, 0.1) is 23.6 Å². The second-order valence-corrected chi connectivity index (χ2v) is 8.80. The van der Waals surface area contributed by atoms with Gasteiger partial charge in [-0.05, 0) is 56.1 Å². The zero-order valence-electron chi connectivity index (χ0n) is 16.7. The van der Waals surface area contributed by atoms with Crippen molar-refractivity contribution in [3.8, 4) is 5.75 Å². The van der Waals surface area contributed by atoms with Crippen molar-refractivity contribution in [2.45, 2.75) is 36.4 Å². The molecular formula is C22H23F3N2O2S. The molecule has 0 saturated heterocycles. The Labute approximate surface area is 176 Å². The Bertz CT molecular complexity index is 1040. The number of halogens is 3. The third kappa shape index (κ3) is 3.74.